The summed E-state index contributed by atoms with van der Waals surface area (Å²) >= 11 is 0. The zero-order valence-corrected chi connectivity index (χ0v) is 27.6. The minimum atomic E-state index is -1.09. The van der Waals surface area contributed by atoms with Gasteiger partial charge in [0.05, 0.1) is 13.7 Å². The van der Waals surface area contributed by atoms with Crippen molar-refractivity contribution in [2.75, 3.05) is 26.7 Å². The molecule has 0 aromatic carbocycles. The molecule has 2 unspecified atom stereocenters. The van der Waals surface area contributed by atoms with Crippen LogP contribution < -0.4 is 21.4 Å². The van der Waals surface area contributed by atoms with Gasteiger partial charge in [-0.05, 0) is 88.0 Å². The maximum Gasteiger partial charge on any atom is 0.421 e. The minimum absolute atomic E-state index is 0.0287. The normalized spacial score (nSPS) is 16.4. The van der Waals surface area contributed by atoms with Crippen LogP contribution in [0.1, 0.15) is 88.0 Å². The summed E-state index contributed by atoms with van der Waals surface area (Å²) in [5.74, 6) is -0.906. The van der Waals surface area contributed by atoms with Gasteiger partial charge in [0.2, 0.25) is 5.96 Å². The molecule has 2 atom stereocenters. The number of hydrogen-bond acceptors (Lipinski definition) is 12. The number of methoxy groups -OCH3 is 1. The van der Waals surface area contributed by atoms with E-state index in [0.717, 1.165) is 0 Å². The van der Waals surface area contributed by atoms with Crippen LogP contribution in [0, 0.1) is 0 Å². The molecule has 44 heavy (non-hydrogen) atoms. The molecule has 1 aliphatic heterocycles. The molecule has 1 rings (SSSR count). The number of piperidine rings is 1. The van der Waals surface area contributed by atoms with Gasteiger partial charge in [-0.15, -0.1) is 0 Å². The third kappa shape index (κ3) is 18.0. The molecule has 0 spiro atoms. The predicted octanol–water partition coefficient (Wildman–Crippen LogP) is 3.34. The van der Waals surface area contributed by atoms with Crippen molar-refractivity contribution in [3.63, 3.8) is 0 Å². The van der Waals surface area contributed by atoms with Crippen molar-refractivity contribution in [3.05, 3.63) is 0 Å². The van der Waals surface area contributed by atoms with Gasteiger partial charge in [-0.25, -0.2) is 29.0 Å². The number of esters is 1. The molecule has 0 saturated carbocycles. The highest BCUT2D eigenvalue weighted by Crippen LogP contribution is 2.15. The molecule has 4 N–H and O–H groups in total. The zero-order chi connectivity index (χ0) is 33.7. The lowest BCUT2D eigenvalue weighted by atomic mass is 10.1. The lowest BCUT2D eigenvalue weighted by molar-refractivity contribution is -0.155. The number of aliphatic imine (C=N–C) groups is 1. The molecule has 252 valence electrons. The van der Waals surface area contributed by atoms with E-state index in [9.17, 15) is 24.0 Å². The second kappa shape index (κ2) is 16.9. The number of guanidine groups is 1. The van der Waals surface area contributed by atoms with Crippen molar-refractivity contribution < 1.29 is 47.7 Å². The zero-order valence-electron chi connectivity index (χ0n) is 27.6. The number of ether oxygens (including phenoxy) is 5. The highest BCUT2D eigenvalue weighted by molar-refractivity contribution is 6.01. The Morgan fingerprint density at radius 1 is 0.818 bits per heavy atom. The smallest absolute Gasteiger partial charge is 0.421 e. The van der Waals surface area contributed by atoms with E-state index in [1.165, 1.54) is 7.11 Å². The quantitative estimate of drug-likeness (QED) is 0.101. The molecule has 4 amide bonds. The van der Waals surface area contributed by atoms with E-state index < -0.39 is 59.3 Å². The Labute approximate surface area is 259 Å². The fourth-order valence-corrected chi connectivity index (χ4v) is 3.65. The van der Waals surface area contributed by atoms with E-state index in [0.29, 0.717) is 19.4 Å². The Kier molecular flexibility index (Phi) is 14.7. The first-order valence-corrected chi connectivity index (χ1v) is 14.5. The number of rotatable bonds is 8. The van der Waals surface area contributed by atoms with E-state index in [4.69, 9.17) is 18.9 Å². The molecule has 0 aliphatic carbocycles. The number of hydrogen-bond donors (Lipinski definition) is 4. The molecule has 1 aliphatic rings. The molecule has 1 fully saturated rings. The summed E-state index contributed by atoms with van der Waals surface area (Å²) in [5.41, 5.74) is 0.160. The molecule has 0 bridgehead atoms. The molecule has 1 heterocycles. The number of hydrazine groups is 1. The van der Waals surface area contributed by atoms with E-state index >= 15 is 0 Å². The average Bonchev–Trinajstić information content (AvgIpc) is 2.82. The van der Waals surface area contributed by atoms with Gasteiger partial charge in [-0.1, -0.05) is 0 Å². The second-order valence-corrected chi connectivity index (χ2v) is 13.1. The van der Waals surface area contributed by atoms with E-state index in [1.54, 1.807) is 67.3 Å². The van der Waals surface area contributed by atoms with Gasteiger partial charge < -0.3 is 29.0 Å². The molecule has 0 aromatic rings. The fraction of sp³-hybridized carbons (Fsp3) is 0.786. The summed E-state index contributed by atoms with van der Waals surface area (Å²) in [7, 11) is 1.25. The lowest BCUT2D eigenvalue weighted by Gasteiger charge is -2.32. The van der Waals surface area contributed by atoms with E-state index in [-0.39, 0.29) is 31.9 Å². The first-order chi connectivity index (χ1) is 20.2. The number of nitrogens with one attached hydrogen (secondary N) is 4. The molecular formula is C28H50N6O10. The molecule has 16 heteroatoms. The van der Waals surface area contributed by atoms with Crippen molar-refractivity contribution in [2.45, 2.75) is 117 Å². The van der Waals surface area contributed by atoms with Gasteiger partial charge in [0, 0.05) is 13.1 Å². The summed E-state index contributed by atoms with van der Waals surface area (Å²) < 4.78 is 26.1. The van der Waals surface area contributed by atoms with Gasteiger partial charge in [-0.3, -0.25) is 21.1 Å². The Morgan fingerprint density at radius 3 is 1.84 bits per heavy atom. The third-order valence-corrected chi connectivity index (χ3v) is 5.23. The van der Waals surface area contributed by atoms with Crippen LogP contribution in [0.25, 0.3) is 0 Å². The van der Waals surface area contributed by atoms with Crippen LogP contribution in [0.15, 0.2) is 4.99 Å². The average molecular weight is 631 g/mol. The predicted molar refractivity (Wildman–Crippen MR) is 160 cm³/mol. The van der Waals surface area contributed by atoms with E-state index in [1.807, 2.05) is 0 Å². The van der Waals surface area contributed by atoms with Crippen LogP contribution >= 0.6 is 0 Å². The molecule has 0 radical (unpaired) electrons. The number of alkyl carbamates (subject to hydrolysis) is 3. The Hall–Kier alpha value is -3.82. The number of amides is 4. The van der Waals surface area contributed by atoms with Gasteiger partial charge in [0.15, 0.2) is 0 Å². The van der Waals surface area contributed by atoms with Gasteiger partial charge in [-0.2, -0.15) is 0 Å². The maximum atomic E-state index is 13.2. The van der Waals surface area contributed by atoms with Crippen LogP contribution in [0.2, 0.25) is 0 Å². The minimum Gasteiger partial charge on any atom is -0.459 e. The Bertz CT molecular complexity index is 997. The maximum absolute atomic E-state index is 13.2. The van der Waals surface area contributed by atoms with Crippen LogP contribution in [0.3, 0.4) is 0 Å². The SMILES string of the molecule is COC(=O)NN1CCCC(OC(=O)C(CCCN=C(NC(=O)OC(C)(C)C)NC(=O)OC(C)(C)C)NC(=O)OC(C)(C)C)C1. The van der Waals surface area contributed by atoms with Crippen LogP contribution in [-0.4, -0.2) is 97.0 Å². The first-order valence-electron chi connectivity index (χ1n) is 14.5. The van der Waals surface area contributed by atoms with Crippen LogP contribution in [-0.2, 0) is 28.5 Å². The third-order valence-electron chi connectivity index (χ3n) is 5.23. The lowest BCUT2D eigenvalue weighted by Crippen LogP contribution is -2.51. The molecular weight excluding hydrogens is 580 g/mol. The molecule has 16 nitrogen and oxygen atoms in total. The number of carbonyl (C=O) groups is 5. The van der Waals surface area contributed by atoms with Gasteiger partial charge in [0.25, 0.3) is 0 Å². The Balaban J connectivity index is 2.97. The number of nitrogens with zero attached hydrogens (tertiary/aromatic N) is 2. The summed E-state index contributed by atoms with van der Waals surface area (Å²) in [4.78, 5) is 66.2. The van der Waals surface area contributed by atoms with Crippen molar-refractivity contribution in [2.24, 2.45) is 4.99 Å². The van der Waals surface area contributed by atoms with Crippen molar-refractivity contribution in [1.29, 1.82) is 0 Å². The van der Waals surface area contributed by atoms with Crippen molar-refractivity contribution >= 4 is 36.3 Å². The van der Waals surface area contributed by atoms with Gasteiger partial charge >= 0.3 is 30.3 Å². The molecule has 1 saturated heterocycles. The second-order valence-electron chi connectivity index (χ2n) is 13.1. The van der Waals surface area contributed by atoms with E-state index in [2.05, 4.69) is 31.1 Å². The van der Waals surface area contributed by atoms with Gasteiger partial charge in [0.1, 0.15) is 28.9 Å². The highest BCUT2D eigenvalue weighted by atomic mass is 16.6. The standard InChI is InChI=1S/C28H50N6O10/c1-26(2,3)42-22(36)30-19(20(35)41-18-13-12-16-34(17-18)33-25(39)40-10)14-11-15-29-21(31-23(37)43-27(4,5)6)32-24(38)44-28(7,8)9/h18-19H,11-17H2,1-10H3,(H,30,36)(H,33,39)(H2,29,31,32,37,38). The summed E-state index contributed by atoms with van der Waals surface area (Å²) in [6, 6.07) is -1.09. The summed E-state index contributed by atoms with van der Waals surface area (Å²) in [5, 5.41) is 8.92. The summed E-state index contributed by atoms with van der Waals surface area (Å²) in [6.07, 6.45) is -2.15. The Morgan fingerprint density at radius 2 is 1.34 bits per heavy atom. The van der Waals surface area contributed by atoms with Crippen LogP contribution in [0.5, 0.6) is 0 Å². The summed E-state index contributed by atoms with van der Waals surface area (Å²) in [6.45, 7) is 16.0. The van der Waals surface area contributed by atoms with Crippen molar-refractivity contribution in [3.8, 4) is 0 Å². The number of carbonyl (C=O) groups excluding carboxylic acids is 5. The fourth-order valence-electron chi connectivity index (χ4n) is 3.65. The van der Waals surface area contributed by atoms with Crippen LogP contribution in [0.4, 0.5) is 19.2 Å². The first kappa shape index (κ1) is 38.2. The molecule has 0 aromatic heterocycles. The highest BCUT2D eigenvalue weighted by Gasteiger charge is 2.30. The van der Waals surface area contributed by atoms with Crippen molar-refractivity contribution in [1.82, 2.24) is 26.4 Å². The monoisotopic (exact) mass is 630 g/mol. The topological polar surface area (TPSA) is 195 Å². The largest absolute Gasteiger partial charge is 0.459 e.